The Kier molecular flexibility index (Phi) is 4.28. The number of phenolic OH excluding ortho intramolecular Hbond substituents is 1. The fourth-order valence-electron chi connectivity index (χ4n) is 3.42. The van der Waals surface area contributed by atoms with Crippen LogP contribution in [0.4, 0.5) is 4.39 Å². The van der Waals surface area contributed by atoms with Crippen molar-refractivity contribution in [2.24, 2.45) is 0 Å². The van der Waals surface area contributed by atoms with E-state index in [1.165, 1.54) is 24.3 Å². The fourth-order valence-corrected chi connectivity index (χ4v) is 3.60. The number of aromatic nitrogens is 2. The highest BCUT2D eigenvalue weighted by Crippen LogP contribution is 2.33. The molecule has 2 N–H and O–H groups in total. The maximum Gasteiger partial charge on any atom is 0.254 e. The van der Waals surface area contributed by atoms with Crippen LogP contribution >= 0.6 is 11.6 Å². The highest BCUT2D eigenvalue weighted by atomic mass is 35.5. The molecule has 2 aromatic carbocycles. The minimum atomic E-state index is -0.331. The molecule has 2 heterocycles. The molecule has 1 amide bonds. The Morgan fingerprint density at radius 1 is 1.27 bits per heavy atom. The highest BCUT2D eigenvalue weighted by molar-refractivity contribution is 6.32. The number of H-pyrrole nitrogens is 1. The van der Waals surface area contributed by atoms with Gasteiger partial charge in [0.1, 0.15) is 17.4 Å². The average Bonchev–Trinajstić information content (AvgIpc) is 3.06. The number of aromatic hydroxyl groups is 1. The number of benzene rings is 2. The molecule has 0 spiro atoms. The summed E-state index contributed by atoms with van der Waals surface area (Å²) in [5, 5.41) is 9.71. The average molecular weight is 374 g/mol. The Morgan fingerprint density at radius 2 is 2.12 bits per heavy atom. The number of carbonyl (C=O) groups excluding carboxylic acids is 1. The second-order valence-electron chi connectivity index (χ2n) is 6.46. The van der Waals surface area contributed by atoms with E-state index >= 15 is 0 Å². The number of amides is 1. The van der Waals surface area contributed by atoms with Crippen LogP contribution in [-0.2, 0) is 0 Å². The van der Waals surface area contributed by atoms with E-state index in [0.717, 1.165) is 19.3 Å². The molecular weight excluding hydrogens is 357 g/mol. The number of hydrogen-bond acceptors (Lipinski definition) is 3. The molecule has 1 aromatic heterocycles. The summed E-state index contributed by atoms with van der Waals surface area (Å²) < 4.78 is 13.4. The zero-order chi connectivity index (χ0) is 18.3. The van der Waals surface area contributed by atoms with Crippen molar-refractivity contribution in [3.63, 3.8) is 0 Å². The largest absolute Gasteiger partial charge is 0.506 e. The van der Waals surface area contributed by atoms with Crippen LogP contribution in [0.3, 0.4) is 0 Å². The molecule has 0 saturated carbocycles. The predicted octanol–water partition coefficient (Wildman–Crippen LogP) is 4.43. The number of imidazole rings is 1. The van der Waals surface area contributed by atoms with E-state index in [4.69, 9.17) is 11.6 Å². The van der Waals surface area contributed by atoms with Crippen molar-refractivity contribution in [2.75, 3.05) is 6.54 Å². The van der Waals surface area contributed by atoms with Crippen LogP contribution in [0.15, 0.2) is 36.4 Å². The van der Waals surface area contributed by atoms with Gasteiger partial charge in [-0.05, 0) is 55.7 Å². The van der Waals surface area contributed by atoms with Gasteiger partial charge in [0, 0.05) is 12.1 Å². The number of rotatable bonds is 2. The predicted molar refractivity (Wildman–Crippen MR) is 96.8 cm³/mol. The summed E-state index contributed by atoms with van der Waals surface area (Å²) in [4.78, 5) is 22.5. The van der Waals surface area contributed by atoms with Gasteiger partial charge in [0.2, 0.25) is 0 Å². The second kappa shape index (κ2) is 6.61. The maximum absolute atomic E-state index is 13.4. The van der Waals surface area contributed by atoms with Gasteiger partial charge in [0.25, 0.3) is 5.91 Å². The molecule has 1 atom stereocenters. The number of hydrogen-bond donors (Lipinski definition) is 2. The van der Waals surface area contributed by atoms with Crippen LogP contribution in [-0.4, -0.2) is 32.4 Å². The zero-order valence-corrected chi connectivity index (χ0v) is 14.6. The van der Waals surface area contributed by atoms with E-state index in [9.17, 15) is 14.3 Å². The smallest absolute Gasteiger partial charge is 0.254 e. The number of carbonyl (C=O) groups is 1. The van der Waals surface area contributed by atoms with Gasteiger partial charge in [-0.1, -0.05) is 11.6 Å². The van der Waals surface area contributed by atoms with E-state index in [0.29, 0.717) is 29.0 Å². The Balaban J connectivity index is 1.68. The third kappa shape index (κ3) is 3.01. The first-order valence-electron chi connectivity index (χ1n) is 8.47. The summed E-state index contributed by atoms with van der Waals surface area (Å²) in [5.74, 6) is 0.104. The van der Waals surface area contributed by atoms with Crippen LogP contribution in [0.5, 0.6) is 5.75 Å². The van der Waals surface area contributed by atoms with Gasteiger partial charge in [0.15, 0.2) is 0 Å². The Morgan fingerprint density at radius 3 is 2.92 bits per heavy atom. The molecule has 0 bridgehead atoms. The first-order valence-corrected chi connectivity index (χ1v) is 8.85. The lowest BCUT2D eigenvalue weighted by atomic mass is 10.00. The quantitative estimate of drug-likeness (QED) is 0.698. The number of phenols is 1. The summed E-state index contributed by atoms with van der Waals surface area (Å²) in [6, 6.07) is 8.63. The molecule has 0 radical (unpaired) electrons. The molecule has 1 aliphatic rings. The monoisotopic (exact) mass is 373 g/mol. The molecule has 4 rings (SSSR count). The summed E-state index contributed by atoms with van der Waals surface area (Å²) in [6.45, 7) is 0.605. The number of aromatic amines is 1. The van der Waals surface area contributed by atoms with Gasteiger partial charge in [-0.3, -0.25) is 4.79 Å². The van der Waals surface area contributed by atoms with Crippen molar-refractivity contribution in [1.29, 1.82) is 0 Å². The molecule has 1 aliphatic heterocycles. The number of fused-ring (bicyclic) bond motifs is 1. The van der Waals surface area contributed by atoms with Crippen molar-refractivity contribution < 1.29 is 14.3 Å². The SMILES string of the molecule is O=C(c1ccc(O)c(Cl)c1)N1CCCCC1c1nc2ccc(F)cc2[nH]1. The molecule has 3 aromatic rings. The summed E-state index contributed by atoms with van der Waals surface area (Å²) in [6.07, 6.45) is 2.67. The Labute approximate surface area is 154 Å². The standard InChI is InChI=1S/C19H17ClFN3O2/c20-13-9-11(4-7-17(13)25)19(26)24-8-2-1-3-16(24)18-22-14-6-5-12(21)10-15(14)23-18/h4-7,9-10,16,25H,1-3,8H2,(H,22,23). The van der Waals surface area contributed by atoms with Crippen molar-refractivity contribution in [1.82, 2.24) is 14.9 Å². The summed E-state index contributed by atoms with van der Waals surface area (Å²) >= 11 is 5.94. The minimum Gasteiger partial charge on any atom is -0.506 e. The highest BCUT2D eigenvalue weighted by Gasteiger charge is 2.31. The van der Waals surface area contributed by atoms with Gasteiger partial charge in [0.05, 0.1) is 22.1 Å². The van der Waals surface area contributed by atoms with Crippen LogP contribution in [0.1, 0.15) is 41.5 Å². The lowest BCUT2D eigenvalue weighted by Crippen LogP contribution is -2.39. The number of nitrogens with one attached hydrogen (secondary N) is 1. The Hall–Kier alpha value is -2.60. The molecule has 1 fully saturated rings. The van der Waals surface area contributed by atoms with E-state index < -0.39 is 0 Å². The zero-order valence-electron chi connectivity index (χ0n) is 13.9. The number of piperidine rings is 1. The number of halogens is 2. The maximum atomic E-state index is 13.4. The third-order valence-electron chi connectivity index (χ3n) is 4.74. The molecule has 1 saturated heterocycles. The van der Waals surface area contributed by atoms with Crippen LogP contribution in [0.25, 0.3) is 11.0 Å². The van der Waals surface area contributed by atoms with Crippen LogP contribution in [0.2, 0.25) is 5.02 Å². The van der Waals surface area contributed by atoms with Crippen molar-refractivity contribution >= 4 is 28.5 Å². The molecular formula is C19H17ClFN3O2. The molecule has 0 aliphatic carbocycles. The lowest BCUT2D eigenvalue weighted by molar-refractivity contribution is 0.0601. The van der Waals surface area contributed by atoms with Gasteiger partial charge in [-0.15, -0.1) is 0 Å². The van der Waals surface area contributed by atoms with Gasteiger partial charge < -0.3 is 15.0 Å². The molecule has 1 unspecified atom stereocenters. The van der Waals surface area contributed by atoms with Crippen molar-refractivity contribution in [3.05, 3.63) is 58.6 Å². The third-order valence-corrected chi connectivity index (χ3v) is 5.04. The van der Waals surface area contributed by atoms with E-state index in [2.05, 4.69) is 9.97 Å². The fraction of sp³-hybridized carbons (Fsp3) is 0.263. The van der Waals surface area contributed by atoms with Crippen LogP contribution in [0, 0.1) is 5.82 Å². The minimum absolute atomic E-state index is 0.0577. The molecule has 26 heavy (non-hydrogen) atoms. The normalized spacial score (nSPS) is 17.6. The number of nitrogens with zero attached hydrogens (tertiary/aromatic N) is 2. The second-order valence-corrected chi connectivity index (χ2v) is 6.87. The first-order chi connectivity index (χ1) is 12.5. The lowest BCUT2D eigenvalue weighted by Gasteiger charge is -2.34. The van der Waals surface area contributed by atoms with Crippen molar-refractivity contribution in [3.8, 4) is 5.75 Å². The van der Waals surface area contributed by atoms with Crippen molar-refractivity contribution in [2.45, 2.75) is 25.3 Å². The molecule has 7 heteroatoms. The molecule has 5 nitrogen and oxygen atoms in total. The topological polar surface area (TPSA) is 69.2 Å². The summed E-state index contributed by atoms with van der Waals surface area (Å²) in [7, 11) is 0. The van der Waals surface area contributed by atoms with E-state index in [1.807, 2.05) is 0 Å². The first kappa shape index (κ1) is 16.8. The van der Waals surface area contributed by atoms with Gasteiger partial charge in [-0.25, -0.2) is 9.37 Å². The Bertz CT molecular complexity index is 988. The number of likely N-dealkylation sites (tertiary alicyclic amines) is 1. The van der Waals surface area contributed by atoms with E-state index in [-0.39, 0.29) is 28.5 Å². The van der Waals surface area contributed by atoms with Gasteiger partial charge in [-0.2, -0.15) is 0 Å². The van der Waals surface area contributed by atoms with Crippen LogP contribution < -0.4 is 0 Å². The summed E-state index contributed by atoms with van der Waals surface area (Å²) in [5.41, 5.74) is 1.71. The van der Waals surface area contributed by atoms with E-state index in [1.54, 1.807) is 17.0 Å². The molecule has 134 valence electrons. The van der Waals surface area contributed by atoms with Gasteiger partial charge >= 0.3 is 0 Å².